The maximum absolute atomic E-state index is 13.9. The zero-order valence-corrected chi connectivity index (χ0v) is 24.3. The highest BCUT2D eigenvalue weighted by atomic mass is 16.6. The van der Waals surface area contributed by atoms with Gasteiger partial charge in [-0.1, -0.05) is 48.5 Å². The van der Waals surface area contributed by atoms with Crippen molar-refractivity contribution in [3.63, 3.8) is 0 Å². The van der Waals surface area contributed by atoms with Gasteiger partial charge in [0.2, 0.25) is 11.8 Å². The monoisotopic (exact) mass is 566 g/mol. The van der Waals surface area contributed by atoms with Crippen LogP contribution in [0.15, 0.2) is 54.6 Å². The zero-order chi connectivity index (χ0) is 30.8. The topological polar surface area (TPSA) is 158 Å². The quantitative estimate of drug-likeness (QED) is 0.292. The molecule has 41 heavy (non-hydrogen) atoms. The highest BCUT2D eigenvalue weighted by Gasteiger charge is 2.36. The summed E-state index contributed by atoms with van der Waals surface area (Å²) in [6, 6.07) is 14.0. The largest absolute Gasteiger partial charge is 0.508 e. The van der Waals surface area contributed by atoms with E-state index < -0.39 is 60.3 Å². The summed E-state index contributed by atoms with van der Waals surface area (Å²) in [5, 5.41) is 25.1. The van der Waals surface area contributed by atoms with Crippen LogP contribution in [0.25, 0.3) is 0 Å². The summed E-state index contributed by atoms with van der Waals surface area (Å²) >= 11 is 0. The second kappa shape index (κ2) is 14.2. The molecule has 0 aliphatic rings. The lowest BCUT2D eigenvalue weighted by Gasteiger charge is -2.32. The van der Waals surface area contributed by atoms with Gasteiger partial charge in [0.25, 0.3) is 0 Å². The van der Waals surface area contributed by atoms with Crippen LogP contribution in [0.2, 0.25) is 0 Å². The molecule has 11 heteroatoms. The van der Waals surface area contributed by atoms with Crippen molar-refractivity contribution >= 4 is 23.9 Å². The predicted octanol–water partition coefficient (Wildman–Crippen LogP) is 3.38. The molecule has 3 N–H and O–H groups in total. The molecule has 2 unspecified atom stereocenters. The van der Waals surface area contributed by atoms with Crippen molar-refractivity contribution < 1.29 is 33.8 Å². The van der Waals surface area contributed by atoms with Gasteiger partial charge >= 0.3 is 12.1 Å². The van der Waals surface area contributed by atoms with E-state index in [4.69, 9.17) is 9.47 Å². The molecule has 0 aromatic heterocycles. The number of phenols is 1. The molecule has 2 aromatic carbocycles. The Morgan fingerprint density at radius 3 is 2.07 bits per heavy atom. The number of hydrogen-bond acceptors (Lipinski definition) is 8. The number of alkyl carbamates (subject to hydrolysis) is 1. The first kappa shape index (κ1) is 32.6. The van der Waals surface area contributed by atoms with Gasteiger partial charge in [0, 0.05) is 12.0 Å². The molecule has 0 aliphatic carbocycles. The molecule has 2 aromatic rings. The number of amides is 3. The van der Waals surface area contributed by atoms with Crippen molar-refractivity contribution in [2.75, 3.05) is 13.1 Å². The second-order valence-corrected chi connectivity index (χ2v) is 11.3. The Labute approximate surface area is 240 Å². The summed E-state index contributed by atoms with van der Waals surface area (Å²) in [5.41, 5.74) is -0.889. The number of nitriles is 1. The van der Waals surface area contributed by atoms with Gasteiger partial charge in [-0.3, -0.25) is 9.59 Å². The molecule has 0 aliphatic heterocycles. The summed E-state index contributed by atoms with van der Waals surface area (Å²) in [7, 11) is 0. The Kier molecular flexibility index (Phi) is 11.3. The Balaban J connectivity index is 2.44. The lowest BCUT2D eigenvalue weighted by Crippen LogP contribution is -2.52. The van der Waals surface area contributed by atoms with Crippen LogP contribution in [0.4, 0.5) is 4.79 Å². The molecule has 0 bridgehead atoms. The van der Waals surface area contributed by atoms with E-state index in [9.17, 15) is 29.5 Å². The number of rotatable bonds is 10. The average Bonchev–Trinajstić information content (AvgIpc) is 2.86. The van der Waals surface area contributed by atoms with Crippen molar-refractivity contribution in [3.05, 3.63) is 65.7 Å². The SMILES string of the molecule is CC(C)(C)OC(=O)NCC(=O)N(CC#N)C(C(=O)NC(Cc1ccccc1)C(=O)OC(C)(C)C)c1ccccc1O. The number of carbonyl (C=O) groups is 4. The first-order chi connectivity index (χ1) is 19.1. The molecule has 2 atom stereocenters. The standard InChI is InChI=1S/C30H38N4O7/c1-29(2,3)40-27(38)22(18-20-12-8-7-9-13-20)33-26(37)25(21-14-10-11-15-23(21)35)34(17-16-31)24(36)19-32-28(39)41-30(4,5)6/h7-15,22,25,35H,17-19H2,1-6H3,(H,32,39)(H,33,37). The average molecular weight is 567 g/mol. The van der Waals surface area contributed by atoms with E-state index in [0.717, 1.165) is 10.5 Å². The highest BCUT2D eigenvalue weighted by molar-refractivity contribution is 5.93. The zero-order valence-electron chi connectivity index (χ0n) is 24.3. The normalized spacial score (nSPS) is 12.7. The number of benzene rings is 2. The first-order valence-corrected chi connectivity index (χ1v) is 13.1. The Bertz CT molecular complexity index is 1260. The Morgan fingerprint density at radius 2 is 1.51 bits per heavy atom. The predicted molar refractivity (Wildman–Crippen MR) is 150 cm³/mol. The minimum absolute atomic E-state index is 0.0218. The van der Waals surface area contributed by atoms with E-state index in [1.54, 1.807) is 71.9 Å². The van der Waals surface area contributed by atoms with Crippen LogP contribution in [0.3, 0.4) is 0 Å². The molecule has 220 valence electrons. The number of para-hydroxylation sites is 1. The Morgan fingerprint density at radius 1 is 0.927 bits per heavy atom. The molecule has 0 saturated heterocycles. The van der Waals surface area contributed by atoms with Crippen LogP contribution >= 0.6 is 0 Å². The van der Waals surface area contributed by atoms with Crippen LogP contribution in [0, 0.1) is 11.3 Å². The van der Waals surface area contributed by atoms with E-state index >= 15 is 0 Å². The van der Waals surface area contributed by atoms with Gasteiger partial charge in [-0.15, -0.1) is 0 Å². The third kappa shape index (κ3) is 10.8. The lowest BCUT2D eigenvalue weighted by molar-refractivity contribution is -0.159. The van der Waals surface area contributed by atoms with Crippen molar-refractivity contribution in [2.45, 2.75) is 71.2 Å². The fourth-order valence-electron chi connectivity index (χ4n) is 3.80. The first-order valence-electron chi connectivity index (χ1n) is 13.1. The Hall–Kier alpha value is -4.59. The van der Waals surface area contributed by atoms with Crippen LogP contribution in [0.5, 0.6) is 5.75 Å². The molecule has 0 radical (unpaired) electrons. The van der Waals surface area contributed by atoms with Gasteiger partial charge in [0.05, 0.1) is 6.07 Å². The van der Waals surface area contributed by atoms with Gasteiger partial charge in [0.1, 0.15) is 42.1 Å². The number of ether oxygens (including phenoxy) is 2. The molecular formula is C30H38N4O7. The highest BCUT2D eigenvalue weighted by Crippen LogP contribution is 2.29. The summed E-state index contributed by atoms with van der Waals surface area (Å²) in [5.74, 6) is -2.63. The third-order valence-corrected chi connectivity index (χ3v) is 5.43. The maximum atomic E-state index is 13.9. The smallest absolute Gasteiger partial charge is 0.408 e. The minimum Gasteiger partial charge on any atom is -0.508 e. The summed E-state index contributed by atoms with van der Waals surface area (Å²) in [6.45, 7) is 8.92. The number of nitrogens with one attached hydrogen (secondary N) is 2. The van der Waals surface area contributed by atoms with Crippen molar-refractivity contribution in [1.82, 2.24) is 15.5 Å². The number of phenolic OH excluding ortho intramolecular Hbond substituents is 1. The van der Waals surface area contributed by atoms with E-state index in [1.807, 2.05) is 12.1 Å². The lowest BCUT2D eigenvalue weighted by atomic mass is 10.0. The summed E-state index contributed by atoms with van der Waals surface area (Å²) in [6.07, 6.45) is -0.777. The molecule has 3 amide bonds. The van der Waals surface area contributed by atoms with E-state index in [0.29, 0.717) is 0 Å². The minimum atomic E-state index is -1.52. The second-order valence-electron chi connectivity index (χ2n) is 11.3. The van der Waals surface area contributed by atoms with Crippen LogP contribution in [-0.4, -0.2) is 64.2 Å². The van der Waals surface area contributed by atoms with Crippen LogP contribution in [-0.2, 0) is 30.3 Å². The van der Waals surface area contributed by atoms with Crippen molar-refractivity contribution in [3.8, 4) is 11.8 Å². The van der Waals surface area contributed by atoms with Gasteiger partial charge in [-0.2, -0.15) is 5.26 Å². The number of nitrogens with zero attached hydrogens (tertiary/aromatic N) is 2. The summed E-state index contributed by atoms with van der Waals surface area (Å²) in [4.78, 5) is 53.4. The van der Waals surface area contributed by atoms with Crippen molar-refractivity contribution in [1.29, 1.82) is 5.26 Å². The maximum Gasteiger partial charge on any atom is 0.408 e. The molecule has 0 spiro atoms. The van der Waals surface area contributed by atoms with Crippen LogP contribution in [0.1, 0.15) is 58.7 Å². The molecule has 0 heterocycles. The fraction of sp³-hybridized carbons (Fsp3) is 0.433. The molecule has 2 rings (SSSR count). The van der Waals surface area contributed by atoms with Gasteiger partial charge in [-0.25, -0.2) is 9.59 Å². The number of aromatic hydroxyl groups is 1. The molecule has 11 nitrogen and oxygen atoms in total. The van der Waals surface area contributed by atoms with Gasteiger partial charge in [0.15, 0.2) is 0 Å². The van der Waals surface area contributed by atoms with Gasteiger partial charge in [-0.05, 0) is 53.2 Å². The fourth-order valence-corrected chi connectivity index (χ4v) is 3.80. The number of carbonyl (C=O) groups excluding carboxylic acids is 4. The molecule has 0 fully saturated rings. The van der Waals surface area contributed by atoms with Crippen LogP contribution < -0.4 is 10.6 Å². The van der Waals surface area contributed by atoms with Crippen molar-refractivity contribution in [2.24, 2.45) is 0 Å². The molecule has 0 saturated carbocycles. The van der Waals surface area contributed by atoms with E-state index in [2.05, 4.69) is 10.6 Å². The third-order valence-electron chi connectivity index (χ3n) is 5.43. The van der Waals surface area contributed by atoms with Gasteiger partial charge < -0.3 is 30.1 Å². The number of esters is 1. The molecular weight excluding hydrogens is 528 g/mol. The number of hydrogen-bond donors (Lipinski definition) is 3. The van der Waals surface area contributed by atoms with E-state index in [1.165, 1.54) is 18.2 Å². The summed E-state index contributed by atoms with van der Waals surface area (Å²) < 4.78 is 10.7. The van der Waals surface area contributed by atoms with E-state index in [-0.39, 0.29) is 17.7 Å².